The molecule has 0 saturated carbocycles. The number of rotatable bonds is 5. The van der Waals surface area contributed by atoms with E-state index >= 15 is 0 Å². The molecule has 1 amide bonds. The Morgan fingerprint density at radius 3 is 2.30 bits per heavy atom. The fourth-order valence-corrected chi connectivity index (χ4v) is 5.04. The van der Waals surface area contributed by atoms with Gasteiger partial charge in [-0.1, -0.05) is 12.2 Å². The molecule has 2 aliphatic heterocycles. The summed E-state index contributed by atoms with van der Waals surface area (Å²) in [6.07, 6.45) is 6.50. The van der Waals surface area contributed by atoms with E-state index in [0.717, 1.165) is 17.7 Å². The summed E-state index contributed by atoms with van der Waals surface area (Å²) in [5, 5.41) is 9.06. The third kappa shape index (κ3) is 4.91. The number of nitrogens with zero attached hydrogens (tertiary/aromatic N) is 2. The number of carboxylic acid groups (broad SMARTS) is 1. The summed E-state index contributed by atoms with van der Waals surface area (Å²) in [6.45, 7) is 6.60. The quantitative estimate of drug-likeness (QED) is 0.692. The van der Waals surface area contributed by atoms with Gasteiger partial charge in [0.25, 0.3) is 0 Å². The molecule has 2 rings (SSSR count). The molecule has 0 aromatic rings. The smallest absolute Gasteiger partial charge is 0.306 e. The van der Waals surface area contributed by atoms with E-state index in [1.165, 1.54) is 4.31 Å². The molecule has 2 saturated heterocycles. The van der Waals surface area contributed by atoms with Crippen molar-refractivity contribution in [1.29, 1.82) is 0 Å². The molecule has 0 bridgehead atoms. The number of carbonyl (C=O) groups is 2. The predicted octanol–water partition coefficient (Wildman–Crippen LogP) is 2.18. The van der Waals surface area contributed by atoms with Gasteiger partial charge in [0.2, 0.25) is 16.8 Å². The summed E-state index contributed by atoms with van der Waals surface area (Å²) in [4.78, 5) is 25.3. The van der Waals surface area contributed by atoms with Crippen LogP contribution in [-0.4, -0.2) is 53.7 Å². The molecule has 8 heteroatoms. The Hall–Kier alpha value is -1.83. The fourth-order valence-electron chi connectivity index (χ4n) is 4.13. The molecule has 0 radical (unpaired) electrons. The summed E-state index contributed by atoms with van der Waals surface area (Å²) < 4.78 is 25.0. The van der Waals surface area contributed by atoms with Crippen LogP contribution in [0.15, 0.2) is 23.4 Å². The van der Waals surface area contributed by atoms with Gasteiger partial charge in [-0.15, -0.1) is 0 Å². The van der Waals surface area contributed by atoms with Gasteiger partial charge in [0, 0.05) is 25.6 Å². The average Bonchev–Trinajstić information content (AvgIpc) is 2.65. The van der Waals surface area contributed by atoms with Gasteiger partial charge in [0.15, 0.2) is 0 Å². The minimum atomic E-state index is -2.74. The molecule has 2 aliphatic rings. The molecule has 0 aliphatic carbocycles. The highest BCUT2D eigenvalue weighted by Gasteiger charge is 2.35. The minimum Gasteiger partial charge on any atom is -0.481 e. The number of likely N-dealkylation sites (tertiary alicyclic amines) is 1. The van der Waals surface area contributed by atoms with Crippen molar-refractivity contribution < 1.29 is 23.1 Å². The highest BCUT2D eigenvalue weighted by atomic mass is 32.2. The zero-order valence-electron chi connectivity index (χ0n) is 16.3. The van der Waals surface area contributed by atoms with Crippen LogP contribution in [0.2, 0.25) is 0 Å². The number of hydrogen-bond acceptors (Lipinski definition) is 4. The molecule has 0 aromatic carbocycles. The van der Waals surface area contributed by atoms with Crippen LogP contribution < -0.4 is 0 Å². The SMILES string of the molecule is C/C=C1/C[C@@H](CCC(=O)N2CCC(C(=O)O)CC2)[C@@H](C)N([SH](=O)=O)/C1=C/C. The Morgan fingerprint density at radius 2 is 1.81 bits per heavy atom. The normalized spacial score (nSPS) is 27.6. The number of thiol groups is 1. The standard InChI is InChI=1S/C19H30N2O5S/c1-4-14-12-16(13(3)21(27(25)26)17(14)5-2)6-7-18(22)20-10-8-15(9-11-20)19(23)24/h4-5,13,15-16,27H,6-12H2,1-3H3,(H,23,24)/b14-4-,17-5+/t13-,16-/m1/s1. The number of carboxylic acids is 1. The molecule has 0 aromatic heterocycles. The van der Waals surface area contributed by atoms with Gasteiger partial charge in [-0.3, -0.25) is 13.9 Å². The van der Waals surface area contributed by atoms with Crippen LogP contribution >= 0.6 is 0 Å². The molecule has 0 spiro atoms. The van der Waals surface area contributed by atoms with E-state index in [9.17, 15) is 18.0 Å². The second-order valence-electron chi connectivity index (χ2n) is 7.31. The van der Waals surface area contributed by atoms with Crippen molar-refractivity contribution in [3.05, 3.63) is 23.4 Å². The van der Waals surface area contributed by atoms with Crippen molar-refractivity contribution in [2.75, 3.05) is 13.1 Å². The van der Waals surface area contributed by atoms with Crippen molar-refractivity contribution in [2.45, 2.75) is 58.9 Å². The maximum Gasteiger partial charge on any atom is 0.306 e. The van der Waals surface area contributed by atoms with Crippen molar-refractivity contribution in [2.24, 2.45) is 11.8 Å². The number of carbonyl (C=O) groups excluding carboxylic acids is 1. The molecular formula is C19H30N2O5S. The monoisotopic (exact) mass is 398 g/mol. The molecule has 7 nitrogen and oxygen atoms in total. The Balaban J connectivity index is 1.98. The molecular weight excluding hydrogens is 368 g/mol. The second kappa shape index (κ2) is 9.39. The van der Waals surface area contributed by atoms with Crippen molar-refractivity contribution in [3.63, 3.8) is 0 Å². The largest absolute Gasteiger partial charge is 0.481 e. The maximum atomic E-state index is 12.5. The minimum absolute atomic E-state index is 0.0305. The lowest BCUT2D eigenvalue weighted by Crippen LogP contribution is -2.43. The number of allylic oxidation sites excluding steroid dienone is 3. The second-order valence-corrected chi connectivity index (χ2v) is 8.21. The maximum absolute atomic E-state index is 12.5. The number of piperidine rings is 2. The molecule has 0 unspecified atom stereocenters. The summed E-state index contributed by atoms with van der Waals surface area (Å²) in [7, 11) is -2.74. The van der Waals surface area contributed by atoms with E-state index in [-0.39, 0.29) is 23.8 Å². The molecule has 152 valence electrons. The van der Waals surface area contributed by atoms with E-state index in [0.29, 0.717) is 38.8 Å². The van der Waals surface area contributed by atoms with Crippen molar-refractivity contribution in [1.82, 2.24) is 9.21 Å². The first kappa shape index (κ1) is 21.5. The van der Waals surface area contributed by atoms with E-state index < -0.39 is 16.9 Å². The van der Waals surface area contributed by atoms with Gasteiger partial charge in [-0.25, -0.2) is 8.42 Å². The van der Waals surface area contributed by atoms with Gasteiger partial charge < -0.3 is 10.0 Å². The molecule has 27 heavy (non-hydrogen) atoms. The predicted molar refractivity (Wildman–Crippen MR) is 103 cm³/mol. The Kier molecular flexibility index (Phi) is 7.47. The Morgan fingerprint density at radius 1 is 1.19 bits per heavy atom. The highest BCUT2D eigenvalue weighted by Crippen LogP contribution is 2.37. The van der Waals surface area contributed by atoms with Gasteiger partial charge in [0.1, 0.15) is 0 Å². The van der Waals surface area contributed by atoms with Crippen molar-refractivity contribution in [3.8, 4) is 0 Å². The third-order valence-electron chi connectivity index (χ3n) is 5.85. The van der Waals surface area contributed by atoms with Crippen LogP contribution in [0, 0.1) is 11.8 Å². The first-order valence-corrected chi connectivity index (χ1v) is 10.7. The summed E-state index contributed by atoms with van der Waals surface area (Å²) in [6, 6.07) is -0.188. The zero-order valence-corrected chi connectivity index (χ0v) is 17.2. The highest BCUT2D eigenvalue weighted by molar-refractivity contribution is 7.70. The van der Waals surface area contributed by atoms with Gasteiger partial charge in [-0.2, -0.15) is 0 Å². The van der Waals surface area contributed by atoms with Crippen LogP contribution in [0.4, 0.5) is 0 Å². The molecule has 2 fully saturated rings. The van der Waals surface area contributed by atoms with E-state index in [4.69, 9.17) is 5.11 Å². The third-order valence-corrected chi connectivity index (χ3v) is 6.78. The lowest BCUT2D eigenvalue weighted by atomic mass is 9.83. The molecule has 2 heterocycles. The zero-order chi connectivity index (χ0) is 20.1. The number of hydrogen-bond donors (Lipinski definition) is 2. The summed E-state index contributed by atoms with van der Waals surface area (Å²) in [5.41, 5.74) is 1.73. The van der Waals surface area contributed by atoms with E-state index in [1.807, 2.05) is 32.9 Å². The van der Waals surface area contributed by atoms with E-state index in [2.05, 4.69) is 0 Å². The number of amides is 1. The lowest BCUT2D eigenvalue weighted by molar-refractivity contribution is -0.145. The van der Waals surface area contributed by atoms with Crippen molar-refractivity contribution >= 4 is 22.8 Å². The lowest BCUT2D eigenvalue weighted by Gasteiger charge is -2.40. The van der Waals surface area contributed by atoms with E-state index in [1.54, 1.807) is 4.90 Å². The van der Waals surface area contributed by atoms with Crippen LogP contribution in [0.3, 0.4) is 0 Å². The summed E-state index contributed by atoms with van der Waals surface area (Å²) in [5.74, 6) is -1.04. The topological polar surface area (TPSA) is 95.0 Å². The number of aliphatic carboxylic acids is 1. The van der Waals surface area contributed by atoms with Crippen LogP contribution in [-0.2, 0) is 20.5 Å². The van der Waals surface area contributed by atoms with Crippen LogP contribution in [0.5, 0.6) is 0 Å². The van der Waals surface area contributed by atoms with Crippen LogP contribution in [0.25, 0.3) is 0 Å². The average molecular weight is 399 g/mol. The van der Waals surface area contributed by atoms with Gasteiger partial charge in [-0.05, 0) is 57.9 Å². The Bertz CT molecular complexity index is 697. The first-order valence-electron chi connectivity index (χ1n) is 9.56. The summed E-state index contributed by atoms with van der Waals surface area (Å²) >= 11 is 0. The molecule has 1 N–H and O–H groups in total. The molecule has 2 atom stereocenters. The first-order chi connectivity index (χ1) is 12.8. The van der Waals surface area contributed by atoms with Gasteiger partial charge >= 0.3 is 5.97 Å². The fraction of sp³-hybridized carbons (Fsp3) is 0.684. The van der Waals surface area contributed by atoms with Gasteiger partial charge in [0.05, 0.1) is 11.6 Å². The van der Waals surface area contributed by atoms with Crippen LogP contribution in [0.1, 0.15) is 52.9 Å². The Labute approximate surface area is 162 Å².